The lowest BCUT2D eigenvalue weighted by Crippen LogP contribution is -2.36. The molecular weight excluding hydrogens is 514 g/mol. The zero-order valence-electron chi connectivity index (χ0n) is 21.5. The number of benzene rings is 3. The Hall–Kier alpha value is -2.62. The van der Waals surface area contributed by atoms with Gasteiger partial charge < -0.3 is 14.8 Å². The van der Waals surface area contributed by atoms with Crippen molar-refractivity contribution < 1.29 is 14.3 Å². The molecule has 198 valence electrons. The van der Waals surface area contributed by atoms with Gasteiger partial charge in [-0.05, 0) is 84.2 Å². The Kier molecular flexibility index (Phi) is 8.13. The van der Waals surface area contributed by atoms with E-state index in [1.165, 1.54) is 16.0 Å². The lowest BCUT2D eigenvalue weighted by Gasteiger charge is -2.28. The Morgan fingerprint density at radius 2 is 1.76 bits per heavy atom. The molecule has 8 heteroatoms. The molecule has 1 aromatic heterocycles. The normalized spacial score (nSPS) is 16.5. The smallest absolute Gasteiger partial charge is 0.260 e. The topological polar surface area (TPSA) is 54.0 Å². The molecule has 1 amide bonds. The van der Waals surface area contributed by atoms with E-state index in [0.29, 0.717) is 17.9 Å². The van der Waals surface area contributed by atoms with Crippen molar-refractivity contribution in [2.45, 2.75) is 24.2 Å². The molecule has 6 rings (SSSR count). The summed E-state index contributed by atoms with van der Waals surface area (Å²) in [6.07, 6.45) is 3.29. The molecule has 2 fully saturated rings. The van der Waals surface area contributed by atoms with Gasteiger partial charge in [-0.15, -0.1) is 11.3 Å². The van der Waals surface area contributed by atoms with Crippen LogP contribution in [0, 0.1) is 0 Å². The molecule has 38 heavy (non-hydrogen) atoms. The lowest BCUT2D eigenvalue weighted by molar-refractivity contribution is 0.0368. The molecule has 4 aromatic rings. The van der Waals surface area contributed by atoms with E-state index in [0.717, 1.165) is 79.9 Å². The van der Waals surface area contributed by atoms with E-state index in [1.54, 1.807) is 11.3 Å². The number of nitrogens with zero attached hydrogens (tertiary/aromatic N) is 2. The average molecular weight is 548 g/mol. The van der Waals surface area contributed by atoms with Crippen LogP contribution in [0.1, 0.15) is 29.6 Å². The number of rotatable bonds is 10. The second-order valence-electron chi connectivity index (χ2n) is 9.84. The summed E-state index contributed by atoms with van der Waals surface area (Å²) in [4.78, 5) is 17.2. The summed E-state index contributed by atoms with van der Waals surface area (Å²) in [5.74, 6) is 0.503. The fraction of sp³-hybridized carbons (Fsp3) is 0.367. The largest absolute Gasteiger partial charge is 0.493 e. The van der Waals surface area contributed by atoms with Crippen molar-refractivity contribution in [3.63, 3.8) is 0 Å². The molecule has 0 aliphatic carbocycles. The SMILES string of the molecule is O=C(Nc1cc2ccc(SN3CCC3)cc2s1)c1cc2ccccc2cc1OCCCCN1CCOCC1. The van der Waals surface area contributed by atoms with Crippen LogP contribution in [0.5, 0.6) is 5.75 Å². The third-order valence-corrected chi connectivity index (χ3v) is 9.20. The number of amides is 1. The monoisotopic (exact) mass is 547 g/mol. The first-order valence-corrected chi connectivity index (χ1v) is 15.0. The van der Waals surface area contributed by atoms with Crippen molar-refractivity contribution >= 4 is 55.1 Å². The first kappa shape index (κ1) is 25.6. The number of carbonyl (C=O) groups is 1. The molecule has 0 saturated carbocycles. The van der Waals surface area contributed by atoms with E-state index in [9.17, 15) is 4.79 Å². The number of hydrogen-bond acceptors (Lipinski definition) is 7. The summed E-state index contributed by atoms with van der Waals surface area (Å²) in [6.45, 7) is 7.61. The van der Waals surface area contributed by atoms with Crippen LogP contribution in [-0.2, 0) is 4.74 Å². The number of thiophene rings is 1. The van der Waals surface area contributed by atoms with Gasteiger partial charge in [-0.25, -0.2) is 4.31 Å². The van der Waals surface area contributed by atoms with Crippen molar-refractivity contribution in [3.8, 4) is 5.75 Å². The second kappa shape index (κ2) is 12.1. The Bertz CT molecular complexity index is 1410. The highest BCUT2D eigenvalue weighted by Crippen LogP contribution is 2.36. The molecular formula is C30H33N3O3S2. The zero-order valence-corrected chi connectivity index (χ0v) is 23.1. The van der Waals surface area contributed by atoms with Crippen LogP contribution in [-0.4, -0.2) is 67.7 Å². The number of nitrogens with one attached hydrogen (secondary N) is 1. The fourth-order valence-electron chi connectivity index (χ4n) is 4.80. The van der Waals surface area contributed by atoms with Crippen LogP contribution in [0.2, 0.25) is 0 Å². The first-order chi connectivity index (χ1) is 18.7. The molecule has 3 aromatic carbocycles. The number of ether oxygens (including phenoxy) is 2. The van der Waals surface area contributed by atoms with Crippen LogP contribution in [0.3, 0.4) is 0 Å². The molecule has 6 nitrogen and oxygen atoms in total. The Labute approximate surface area is 232 Å². The van der Waals surface area contributed by atoms with E-state index >= 15 is 0 Å². The number of carbonyl (C=O) groups excluding carboxylic acids is 1. The van der Waals surface area contributed by atoms with Gasteiger partial charge in [0.2, 0.25) is 0 Å². The Morgan fingerprint density at radius 3 is 2.55 bits per heavy atom. The summed E-state index contributed by atoms with van der Waals surface area (Å²) >= 11 is 3.43. The van der Waals surface area contributed by atoms with Gasteiger partial charge in [0.25, 0.3) is 5.91 Å². The van der Waals surface area contributed by atoms with Crippen LogP contribution in [0.4, 0.5) is 5.00 Å². The van der Waals surface area contributed by atoms with Gasteiger partial charge in [0.05, 0.1) is 30.4 Å². The predicted molar refractivity (Wildman–Crippen MR) is 158 cm³/mol. The number of fused-ring (bicyclic) bond motifs is 2. The van der Waals surface area contributed by atoms with Gasteiger partial charge >= 0.3 is 0 Å². The van der Waals surface area contributed by atoms with Crippen molar-refractivity contribution in [3.05, 3.63) is 66.2 Å². The maximum Gasteiger partial charge on any atom is 0.260 e. The summed E-state index contributed by atoms with van der Waals surface area (Å²) in [6, 6.07) is 20.6. The molecule has 2 aliphatic rings. The maximum absolute atomic E-state index is 13.5. The van der Waals surface area contributed by atoms with Crippen LogP contribution in [0.25, 0.3) is 20.9 Å². The first-order valence-electron chi connectivity index (χ1n) is 13.4. The van der Waals surface area contributed by atoms with Gasteiger partial charge in [0, 0.05) is 35.8 Å². The number of anilines is 1. The number of unbranched alkanes of at least 4 members (excludes halogenated alkanes) is 1. The molecule has 0 bridgehead atoms. The highest BCUT2D eigenvalue weighted by Gasteiger charge is 2.18. The standard InChI is InChI=1S/C30H33N3O3S2/c34-30(31-29-20-24-8-9-25(21-28(24)37-29)38-33-11-5-12-33)26-18-22-6-1-2-7-23(22)19-27(26)36-15-4-3-10-32-13-16-35-17-14-32/h1-2,6-9,18-21H,3-5,10-17H2,(H,31,34). The fourth-order valence-corrected chi connectivity index (χ4v) is 6.91. The minimum Gasteiger partial charge on any atom is -0.493 e. The average Bonchev–Trinajstić information content (AvgIpc) is 3.32. The summed E-state index contributed by atoms with van der Waals surface area (Å²) in [7, 11) is 0. The van der Waals surface area contributed by atoms with Crippen molar-refractivity contribution in [1.29, 1.82) is 0 Å². The highest BCUT2D eigenvalue weighted by atomic mass is 32.2. The molecule has 0 radical (unpaired) electrons. The third kappa shape index (κ3) is 6.16. The number of hydrogen-bond donors (Lipinski definition) is 1. The summed E-state index contributed by atoms with van der Waals surface area (Å²) < 4.78 is 15.2. The zero-order chi connectivity index (χ0) is 25.7. The van der Waals surface area contributed by atoms with Crippen LogP contribution >= 0.6 is 23.3 Å². The third-order valence-electron chi connectivity index (χ3n) is 7.10. The van der Waals surface area contributed by atoms with E-state index in [4.69, 9.17) is 9.47 Å². The quantitative estimate of drug-likeness (QED) is 0.180. The molecule has 3 heterocycles. The molecule has 0 atom stereocenters. The van der Waals surface area contributed by atoms with Crippen LogP contribution < -0.4 is 10.1 Å². The minimum absolute atomic E-state index is 0.138. The van der Waals surface area contributed by atoms with Gasteiger partial charge in [-0.2, -0.15) is 0 Å². The Balaban J connectivity index is 1.14. The summed E-state index contributed by atoms with van der Waals surface area (Å²) in [5.41, 5.74) is 0.573. The Morgan fingerprint density at radius 1 is 0.947 bits per heavy atom. The predicted octanol–water partition coefficient (Wildman–Crippen LogP) is 6.51. The molecule has 1 N–H and O–H groups in total. The van der Waals surface area contributed by atoms with E-state index < -0.39 is 0 Å². The molecule has 2 saturated heterocycles. The second-order valence-corrected chi connectivity index (χ2v) is 12.1. The molecule has 2 aliphatic heterocycles. The summed E-state index contributed by atoms with van der Waals surface area (Å²) in [5, 5.41) is 7.24. The van der Waals surface area contributed by atoms with E-state index in [1.807, 2.05) is 42.3 Å². The van der Waals surface area contributed by atoms with Gasteiger partial charge in [0.1, 0.15) is 5.75 Å². The van der Waals surface area contributed by atoms with Crippen molar-refractivity contribution in [1.82, 2.24) is 9.21 Å². The van der Waals surface area contributed by atoms with Gasteiger partial charge in [0.15, 0.2) is 0 Å². The van der Waals surface area contributed by atoms with Gasteiger partial charge in [-0.1, -0.05) is 30.3 Å². The molecule has 0 spiro atoms. The lowest BCUT2D eigenvalue weighted by atomic mass is 10.1. The van der Waals surface area contributed by atoms with Crippen molar-refractivity contribution in [2.75, 3.05) is 57.9 Å². The highest BCUT2D eigenvalue weighted by molar-refractivity contribution is 7.97. The van der Waals surface area contributed by atoms with Crippen LogP contribution in [0.15, 0.2) is 65.6 Å². The van der Waals surface area contributed by atoms with Crippen molar-refractivity contribution in [2.24, 2.45) is 0 Å². The number of morpholine rings is 1. The van der Waals surface area contributed by atoms with E-state index in [-0.39, 0.29) is 5.91 Å². The minimum atomic E-state index is -0.138. The van der Waals surface area contributed by atoms with E-state index in [2.05, 4.69) is 44.9 Å². The molecule has 0 unspecified atom stereocenters. The van der Waals surface area contributed by atoms with Gasteiger partial charge in [-0.3, -0.25) is 9.69 Å². The maximum atomic E-state index is 13.5.